The van der Waals surface area contributed by atoms with Crippen LogP contribution in [0, 0.1) is 25.7 Å². The van der Waals surface area contributed by atoms with Crippen molar-refractivity contribution in [2.45, 2.75) is 106 Å². The molecule has 0 aliphatic rings. The van der Waals surface area contributed by atoms with Gasteiger partial charge in [0, 0.05) is 20.5 Å². The highest BCUT2D eigenvalue weighted by atomic mass is 32.1. The summed E-state index contributed by atoms with van der Waals surface area (Å²) in [5, 5.41) is 2.62. The van der Waals surface area contributed by atoms with E-state index in [0.29, 0.717) is 11.8 Å². The second kappa shape index (κ2) is 11.5. The van der Waals surface area contributed by atoms with Gasteiger partial charge in [-0.05, 0) is 50.7 Å². The third kappa shape index (κ3) is 5.33. The summed E-state index contributed by atoms with van der Waals surface area (Å²) in [6, 6.07) is 4.69. The van der Waals surface area contributed by atoms with Crippen LogP contribution in [0.15, 0.2) is 12.1 Å². The molecule has 34 heavy (non-hydrogen) atoms. The fourth-order valence-electron chi connectivity index (χ4n) is 5.36. The molecule has 2 nitrogen and oxygen atoms in total. The van der Waals surface area contributed by atoms with E-state index in [1.54, 1.807) is 0 Å². The Bertz CT molecular complexity index is 1150. The van der Waals surface area contributed by atoms with Crippen molar-refractivity contribution < 1.29 is 0 Å². The average molecular weight is 495 g/mol. The number of aromatic nitrogens is 2. The monoisotopic (exact) mass is 494 g/mol. The summed E-state index contributed by atoms with van der Waals surface area (Å²) < 4.78 is 2.80. The van der Waals surface area contributed by atoms with Crippen LogP contribution in [-0.4, -0.2) is 9.97 Å². The third-order valence-corrected chi connectivity index (χ3v) is 9.79. The zero-order chi connectivity index (χ0) is 24.2. The molecule has 0 spiro atoms. The summed E-state index contributed by atoms with van der Waals surface area (Å²) in [7, 11) is 0. The van der Waals surface area contributed by atoms with Crippen molar-refractivity contribution in [1.82, 2.24) is 9.97 Å². The van der Waals surface area contributed by atoms with Gasteiger partial charge in [-0.1, -0.05) is 79.1 Å². The van der Waals surface area contributed by atoms with Crippen LogP contribution in [0.5, 0.6) is 0 Å². The zero-order valence-electron chi connectivity index (χ0n) is 22.1. The van der Waals surface area contributed by atoms with E-state index >= 15 is 0 Å². The SMILES string of the molecule is CCCCC(CC)Cc1nc2c3cc(C)sc3c3sc(C)cc3c2nc1CC(CC)CCCC. The first kappa shape index (κ1) is 25.6. The number of thiophene rings is 2. The maximum atomic E-state index is 5.49. The molecule has 4 rings (SSSR count). The van der Waals surface area contributed by atoms with Gasteiger partial charge in [0.25, 0.3) is 0 Å². The highest BCUT2D eigenvalue weighted by Gasteiger charge is 2.21. The lowest BCUT2D eigenvalue weighted by Crippen LogP contribution is -2.13. The molecule has 4 aromatic rings. The maximum Gasteiger partial charge on any atom is 0.0984 e. The van der Waals surface area contributed by atoms with E-state index in [1.807, 2.05) is 22.7 Å². The summed E-state index contributed by atoms with van der Waals surface area (Å²) in [6.45, 7) is 13.8. The molecule has 3 heterocycles. The third-order valence-electron chi connectivity index (χ3n) is 7.53. The molecular formula is C30H42N2S2. The van der Waals surface area contributed by atoms with Crippen LogP contribution in [0.25, 0.3) is 31.2 Å². The minimum absolute atomic E-state index is 0.702. The number of hydrogen-bond acceptors (Lipinski definition) is 4. The van der Waals surface area contributed by atoms with Crippen molar-refractivity contribution in [2.24, 2.45) is 11.8 Å². The quantitative estimate of drug-likeness (QED) is 0.196. The van der Waals surface area contributed by atoms with Crippen molar-refractivity contribution in [3.05, 3.63) is 33.3 Å². The molecule has 0 saturated heterocycles. The van der Waals surface area contributed by atoms with Crippen LogP contribution < -0.4 is 0 Å². The predicted molar refractivity (Wildman–Crippen MR) is 154 cm³/mol. The van der Waals surface area contributed by atoms with Gasteiger partial charge in [0.15, 0.2) is 0 Å². The summed E-state index contributed by atoms with van der Waals surface area (Å²) >= 11 is 3.83. The largest absolute Gasteiger partial charge is 0.249 e. The van der Waals surface area contributed by atoms with E-state index in [9.17, 15) is 0 Å². The van der Waals surface area contributed by atoms with Gasteiger partial charge in [0.2, 0.25) is 0 Å². The van der Waals surface area contributed by atoms with Crippen LogP contribution in [0.4, 0.5) is 0 Å². The van der Waals surface area contributed by atoms with E-state index < -0.39 is 0 Å². The van der Waals surface area contributed by atoms with Gasteiger partial charge >= 0.3 is 0 Å². The van der Waals surface area contributed by atoms with Crippen LogP contribution >= 0.6 is 22.7 Å². The fraction of sp³-hybridized carbons (Fsp3) is 0.600. The lowest BCUT2D eigenvalue weighted by molar-refractivity contribution is 0.427. The van der Waals surface area contributed by atoms with Gasteiger partial charge in [-0.15, -0.1) is 22.7 Å². The van der Waals surface area contributed by atoms with E-state index in [-0.39, 0.29) is 0 Å². The minimum atomic E-state index is 0.702. The molecular weight excluding hydrogens is 452 g/mol. The molecule has 0 aliphatic heterocycles. The van der Waals surface area contributed by atoms with E-state index in [0.717, 1.165) is 23.9 Å². The number of aryl methyl sites for hydroxylation is 2. The average Bonchev–Trinajstić information content (AvgIpc) is 3.41. The standard InChI is InChI=1S/C30H42N2S2/c1-7-11-13-21(9-3)17-25-26(18-22(10-4)14-12-8-2)32-28-24-16-20(6)34-30(24)29-23(27(28)31-25)15-19(5)33-29/h15-16,21-22H,7-14,17-18H2,1-6H3. The molecule has 0 amide bonds. The number of unbranched alkanes of at least 4 members (excludes halogenated alkanes) is 2. The second-order valence-corrected chi connectivity index (χ2v) is 12.8. The van der Waals surface area contributed by atoms with Crippen LogP contribution in [0.1, 0.15) is 100 Å². The predicted octanol–water partition coefficient (Wildman–Crippen LogP) is 10.2. The summed E-state index contributed by atoms with van der Waals surface area (Å²) in [6.07, 6.45) is 12.4. The summed E-state index contributed by atoms with van der Waals surface area (Å²) in [4.78, 5) is 13.7. The Hall–Kier alpha value is -1.52. The Balaban J connectivity index is 1.90. The Morgan fingerprint density at radius 3 is 1.44 bits per heavy atom. The highest BCUT2D eigenvalue weighted by molar-refractivity contribution is 7.27. The van der Waals surface area contributed by atoms with Gasteiger partial charge in [0.1, 0.15) is 0 Å². The first-order valence-electron chi connectivity index (χ1n) is 13.6. The van der Waals surface area contributed by atoms with E-state index in [2.05, 4.69) is 53.7 Å². The van der Waals surface area contributed by atoms with E-state index in [1.165, 1.54) is 92.7 Å². The van der Waals surface area contributed by atoms with Crippen LogP contribution in [0.3, 0.4) is 0 Å². The minimum Gasteiger partial charge on any atom is -0.249 e. The highest BCUT2D eigenvalue weighted by Crippen LogP contribution is 2.42. The molecule has 2 unspecified atom stereocenters. The molecule has 0 bridgehead atoms. The molecule has 0 radical (unpaired) electrons. The molecule has 1 aromatic carbocycles. The molecule has 0 saturated carbocycles. The first-order chi connectivity index (χ1) is 16.5. The zero-order valence-corrected chi connectivity index (χ0v) is 23.7. The van der Waals surface area contributed by atoms with Crippen LogP contribution in [-0.2, 0) is 12.8 Å². The van der Waals surface area contributed by atoms with Gasteiger partial charge in [-0.3, -0.25) is 0 Å². The normalized spacial score (nSPS) is 13.9. The Morgan fingerprint density at radius 2 is 1.09 bits per heavy atom. The number of benzene rings is 1. The number of hydrogen-bond donors (Lipinski definition) is 0. The molecule has 3 aromatic heterocycles. The molecule has 2 atom stereocenters. The van der Waals surface area contributed by atoms with Crippen molar-refractivity contribution in [2.75, 3.05) is 0 Å². The van der Waals surface area contributed by atoms with Crippen LogP contribution in [0.2, 0.25) is 0 Å². The van der Waals surface area contributed by atoms with Gasteiger partial charge in [-0.2, -0.15) is 0 Å². The van der Waals surface area contributed by atoms with Crippen molar-refractivity contribution in [3.8, 4) is 0 Å². The van der Waals surface area contributed by atoms with Gasteiger partial charge in [0.05, 0.1) is 31.8 Å². The summed E-state index contributed by atoms with van der Waals surface area (Å²) in [5.41, 5.74) is 4.83. The lowest BCUT2D eigenvalue weighted by Gasteiger charge is -2.20. The Labute approximate surface area is 214 Å². The number of rotatable bonds is 12. The molecule has 0 N–H and O–H groups in total. The maximum absolute atomic E-state index is 5.49. The first-order valence-corrected chi connectivity index (χ1v) is 15.2. The van der Waals surface area contributed by atoms with Crippen molar-refractivity contribution in [1.29, 1.82) is 0 Å². The molecule has 0 fully saturated rings. The Morgan fingerprint density at radius 1 is 0.676 bits per heavy atom. The lowest BCUT2D eigenvalue weighted by atomic mass is 9.89. The topological polar surface area (TPSA) is 25.8 Å². The molecule has 184 valence electrons. The van der Waals surface area contributed by atoms with E-state index in [4.69, 9.17) is 9.97 Å². The van der Waals surface area contributed by atoms with Gasteiger partial charge in [-0.25, -0.2) is 9.97 Å². The van der Waals surface area contributed by atoms with Gasteiger partial charge < -0.3 is 0 Å². The fourth-order valence-corrected chi connectivity index (χ4v) is 7.54. The molecule has 0 aliphatic carbocycles. The number of fused-ring (bicyclic) bond motifs is 6. The molecule has 4 heteroatoms. The Kier molecular flexibility index (Phi) is 8.63. The summed E-state index contributed by atoms with van der Waals surface area (Å²) in [5.74, 6) is 1.40. The number of nitrogens with zero attached hydrogens (tertiary/aromatic N) is 2. The second-order valence-electron chi connectivity index (χ2n) is 10.3. The van der Waals surface area contributed by atoms with Crippen molar-refractivity contribution >= 4 is 53.9 Å². The smallest absolute Gasteiger partial charge is 0.0984 e. The van der Waals surface area contributed by atoms with Crippen molar-refractivity contribution in [3.63, 3.8) is 0 Å².